The second kappa shape index (κ2) is 7.62. The molecule has 3 aromatic rings. The predicted molar refractivity (Wildman–Crippen MR) is 92.0 cm³/mol. The van der Waals surface area contributed by atoms with Crippen molar-refractivity contribution in [3.05, 3.63) is 18.7 Å². The number of hydrogen-bond acceptors (Lipinski definition) is 7. The highest BCUT2D eigenvalue weighted by molar-refractivity contribution is 5.73. The van der Waals surface area contributed by atoms with Crippen LogP contribution >= 0.6 is 0 Å². The Kier molecular flexibility index (Phi) is 5.03. The van der Waals surface area contributed by atoms with Gasteiger partial charge in [-0.05, 0) is 19.3 Å². The fourth-order valence-electron chi connectivity index (χ4n) is 3.00. The molecule has 1 aliphatic heterocycles. The minimum Gasteiger partial charge on any atom is -0.478 e. The van der Waals surface area contributed by atoms with Crippen LogP contribution < -0.4 is 10.1 Å². The van der Waals surface area contributed by atoms with E-state index in [1.165, 1.54) is 23.2 Å². The van der Waals surface area contributed by atoms with Crippen LogP contribution in [-0.4, -0.2) is 61.8 Å². The zero-order valence-electron chi connectivity index (χ0n) is 14.7. The molecule has 1 fully saturated rings. The monoisotopic (exact) mass is 397 g/mol. The summed E-state index contributed by atoms with van der Waals surface area (Å²) in [5.74, 6) is 0.195. The van der Waals surface area contributed by atoms with Crippen LogP contribution in [0.5, 0.6) is 5.75 Å². The standard InChI is InChI=1S/C16H18F3N7O2/c17-16(18,19)8-28-13-12(10-6-21-22-7-10)20-9-26-14(13)24-15(25-26)23-11-2-1-4-27-5-3-11/h6-7,9,11H,1-5,8H2,(H,21,22)(H,23,25)/t11-/m0/s1. The zero-order chi connectivity index (χ0) is 19.6. The molecule has 0 bridgehead atoms. The summed E-state index contributed by atoms with van der Waals surface area (Å²) in [6.45, 7) is -0.115. The van der Waals surface area contributed by atoms with Crippen LogP contribution in [0.2, 0.25) is 0 Å². The van der Waals surface area contributed by atoms with E-state index in [-0.39, 0.29) is 23.1 Å². The van der Waals surface area contributed by atoms with Crippen molar-refractivity contribution in [3.8, 4) is 17.0 Å². The molecule has 0 aromatic carbocycles. The Morgan fingerprint density at radius 3 is 3.00 bits per heavy atom. The lowest BCUT2D eigenvalue weighted by atomic mass is 10.1. The molecule has 0 saturated carbocycles. The Hall–Kier alpha value is -2.89. The zero-order valence-corrected chi connectivity index (χ0v) is 14.7. The predicted octanol–water partition coefficient (Wildman–Crippen LogP) is 2.44. The molecule has 0 radical (unpaired) electrons. The number of H-pyrrole nitrogens is 1. The van der Waals surface area contributed by atoms with Gasteiger partial charge in [0.15, 0.2) is 12.4 Å². The van der Waals surface area contributed by atoms with Gasteiger partial charge in [-0.1, -0.05) is 0 Å². The van der Waals surface area contributed by atoms with Crippen LogP contribution in [-0.2, 0) is 4.74 Å². The van der Waals surface area contributed by atoms with Crippen molar-refractivity contribution in [1.29, 1.82) is 0 Å². The lowest BCUT2D eigenvalue weighted by Crippen LogP contribution is -2.20. The second-order valence-corrected chi connectivity index (χ2v) is 6.40. The average molecular weight is 397 g/mol. The van der Waals surface area contributed by atoms with Crippen LogP contribution in [0.15, 0.2) is 18.7 Å². The van der Waals surface area contributed by atoms with E-state index in [9.17, 15) is 13.2 Å². The molecule has 3 aromatic heterocycles. The van der Waals surface area contributed by atoms with E-state index in [4.69, 9.17) is 9.47 Å². The van der Waals surface area contributed by atoms with E-state index in [0.717, 1.165) is 19.3 Å². The molecule has 28 heavy (non-hydrogen) atoms. The Balaban J connectivity index is 1.68. The number of anilines is 1. The molecule has 0 spiro atoms. The van der Waals surface area contributed by atoms with Gasteiger partial charge >= 0.3 is 6.18 Å². The van der Waals surface area contributed by atoms with E-state index in [2.05, 4.69) is 30.6 Å². The van der Waals surface area contributed by atoms with Crippen molar-refractivity contribution >= 4 is 11.6 Å². The molecule has 0 aliphatic carbocycles. The van der Waals surface area contributed by atoms with Gasteiger partial charge in [0.2, 0.25) is 11.6 Å². The lowest BCUT2D eigenvalue weighted by Gasteiger charge is -2.13. The number of alkyl halides is 3. The molecule has 12 heteroatoms. The summed E-state index contributed by atoms with van der Waals surface area (Å²) in [4.78, 5) is 8.53. The topological polar surface area (TPSA) is 102 Å². The van der Waals surface area contributed by atoms with E-state index in [1.807, 2.05) is 0 Å². The number of ether oxygens (including phenoxy) is 2. The molecule has 0 amide bonds. The minimum atomic E-state index is -4.50. The summed E-state index contributed by atoms with van der Waals surface area (Å²) in [5.41, 5.74) is 0.827. The third-order valence-corrected chi connectivity index (χ3v) is 4.28. The first-order valence-corrected chi connectivity index (χ1v) is 8.78. The molecule has 1 atom stereocenters. The number of hydrogen-bond donors (Lipinski definition) is 2. The largest absolute Gasteiger partial charge is 0.478 e. The van der Waals surface area contributed by atoms with E-state index >= 15 is 0 Å². The third kappa shape index (κ3) is 4.16. The lowest BCUT2D eigenvalue weighted by molar-refractivity contribution is -0.153. The summed E-state index contributed by atoms with van der Waals surface area (Å²) in [5, 5.41) is 13.9. The van der Waals surface area contributed by atoms with Gasteiger partial charge in [-0.2, -0.15) is 27.8 Å². The van der Waals surface area contributed by atoms with Crippen molar-refractivity contribution in [2.45, 2.75) is 31.5 Å². The normalized spacial score (nSPS) is 18.2. The molecular formula is C16H18F3N7O2. The van der Waals surface area contributed by atoms with Gasteiger partial charge in [0.25, 0.3) is 0 Å². The summed E-state index contributed by atoms with van der Waals surface area (Å²) >= 11 is 0. The summed E-state index contributed by atoms with van der Waals surface area (Å²) in [7, 11) is 0. The van der Waals surface area contributed by atoms with Crippen LogP contribution in [0.3, 0.4) is 0 Å². The Morgan fingerprint density at radius 1 is 1.32 bits per heavy atom. The molecule has 9 nitrogen and oxygen atoms in total. The maximum atomic E-state index is 12.7. The number of aromatic amines is 1. The smallest absolute Gasteiger partial charge is 0.422 e. The van der Waals surface area contributed by atoms with Crippen LogP contribution in [0.1, 0.15) is 19.3 Å². The summed E-state index contributed by atoms with van der Waals surface area (Å²) < 4.78 is 50.0. The maximum Gasteiger partial charge on any atom is 0.422 e. The first-order chi connectivity index (χ1) is 13.5. The van der Waals surface area contributed by atoms with E-state index in [0.29, 0.717) is 24.7 Å². The second-order valence-electron chi connectivity index (χ2n) is 6.40. The van der Waals surface area contributed by atoms with Gasteiger partial charge < -0.3 is 14.8 Å². The highest BCUT2D eigenvalue weighted by Crippen LogP contribution is 2.32. The number of nitrogens with zero attached hydrogens (tertiary/aromatic N) is 5. The number of nitrogens with one attached hydrogen (secondary N) is 2. The minimum absolute atomic E-state index is 0.106. The van der Waals surface area contributed by atoms with Crippen molar-refractivity contribution < 1.29 is 22.6 Å². The first-order valence-electron chi connectivity index (χ1n) is 8.78. The molecule has 1 aliphatic rings. The summed E-state index contributed by atoms with van der Waals surface area (Å²) in [6, 6.07) is 0.126. The van der Waals surface area contributed by atoms with Crippen LogP contribution in [0.4, 0.5) is 19.1 Å². The molecule has 150 valence electrons. The van der Waals surface area contributed by atoms with Gasteiger partial charge in [0, 0.05) is 31.0 Å². The Labute approximate surface area is 157 Å². The first kappa shape index (κ1) is 18.5. The molecule has 4 heterocycles. The molecule has 4 rings (SSSR count). The van der Waals surface area contributed by atoms with Crippen molar-refractivity contribution in [1.82, 2.24) is 29.8 Å². The molecule has 2 N–H and O–H groups in total. The van der Waals surface area contributed by atoms with Crippen LogP contribution in [0.25, 0.3) is 16.9 Å². The number of halogens is 3. The van der Waals surface area contributed by atoms with E-state index < -0.39 is 12.8 Å². The molecule has 1 saturated heterocycles. The van der Waals surface area contributed by atoms with Gasteiger partial charge in [-0.15, -0.1) is 5.10 Å². The fourth-order valence-corrected chi connectivity index (χ4v) is 3.00. The van der Waals surface area contributed by atoms with E-state index in [1.54, 1.807) is 0 Å². The van der Waals surface area contributed by atoms with Gasteiger partial charge in [-0.25, -0.2) is 4.98 Å². The Morgan fingerprint density at radius 2 is 2.21 bits per heavy atom. The third-order valence-electron chi connectivity index (χ3n) is 4.28. The average Bonchev–Trinajstić information content (AvgIpc) is 3.24. The fraction of sp³-hybridized carbons (Fsp3) is 0.500. The molecule has 0 unspecified atom stereocenters. The quantitative estimate of drug-likeness (QED) is 0.682. The summed E-state index contributed by atoms with van der Waals surface area (Å²) in [6.07, 6.45) is 2.45. The SMILES string of the molecule is FC(F)(F)COc1c(-c2cn[nH]c2)ncn2nc(N[C@H]3CCCOCC3)nc12. The number of fused-ring (bicyclic) bond motifs is 1. The maximum absolute atomic E-state index is 12.7. The van der Waals surface area contributed by atoms with Gasteiger partial charge in [0.1, 0.15) is 12.0 Å². The molecular weight excluding hydrogens is 379 g/mol. The number of rotatable bonds is 5. The van der Waals surface area contributed by atoms with Crippen LogP contribution in [0, 0.1) is 0 Å². The van der Waals surface area contributed by atoms with Gasteiger partial charge in [-0.3, -0.25) is 5.10 Å². The van der Waals surface area contributed by atoms with Gasteiger partial charge in [0.05, 0.1) is 6.20 Å². The number of aromatic nitrogens is 6. The Bertz CT molecular complexity index is 918. The van der Waals surface area contributed by atoms with Crippen molar-refractivity contribution in [3.63, 3.8) is 0 Å². The van der Waals surface area contributed by atoms with Crippen molar-refractivity contribution in [2.24, 2.45) is 0 Å². The highest BCUT2D eigenvalue weighted by atomic mass is 19.4. The highest BCUT2D eigenvalue weighted by Gasteiger charge is 2.30. The van der Waals surface area contributed by atoms with Crippen molar-refractivity contribution in [2.75, 3.05) is 25.1 Å².